The minimum atomic E-state index is 0.786. The zero-order valence-corrected chi connectivity index (χ0v) is 27.9. The molecule has 0 aliphatic heterocycles. The number of furan rings is 2. The molecule has 0 fully saturated rings. The summed E-state index contributed by atoms with van der Waals surface area (Å²) in [6.07, 6.45) is 9.39. The predicted octanol–water partition coefficient (Wildman–Crippen LogP) is 11.8. The summed E-state index contributed by atoms with van der Waals surface area (Å²) < 4.78 is 12.6. The molecule has 2 heteroatoms. The van der Waals surface area contributed by atoms with Gasteiger partial charge in [-0.05, 0) is 104 Å². The second-order valence-corrected chi connectivity index (χ2v) is 13.3. The highest BCUT2D eigenvalue weighted by molar-refractivity contribution is 6.15. The molecule has 10 rings (SSSR count). The second kappa shape index (κ2) is 11.8. The molecule has 0 unspecified atom stereocenters. The van der Waals surface area contributed by atoms with E-state index < -0.39 is 0 Å². The van der Waals surface area contributed by atoms with E-state index in [1.165, 1.54) is 27.3 Å². The SMILES string of the molecule is C=C1/C=C\C=C/C/C(c2cccc(-c3ccc4oc5ccccc5c4c3)c2)=c2/cccc/c2=C/1c1ccc2oc3c4ccccc4ccc3c2c1. The molecule has 2 aromatic heterocycles. The fourth-order valence-corrected chi connectivity index (χ4v) is 7.83. The number of hydrogen-bond donors (Lipinski definition) is 0. The minimum Gasteiger partial charge on any atom is -0.456 e. The van der Waals surface area contributed by atoms with Crippen molar-refractivity contribution in [1.82, 2.24) is 0 Å². The molecule has 2 nitrogen and oxygen atoms in total. The van der Waals surface area contributed by atoms with Crippen molar-refractivity contribution in [2.75, 3.05) is 0 Å². The Morgan fingerprint density at radius 1 is 0.451 bits per heavy atom. The second-order valence-electron chi connectivity index (χ2n) is 13.3. The number of benzene rings is 7. The monoisotopic (exact) mass is 652 g/mol. The molecule has 1 aliphatic rings. The van der Waals surface area contributed by atoms with Crippen LogP contribution in [-0.2, 0) is 0 Å². The summed E-state index contributed by atoms with van der Waals surface area (Å²) in [5.74, 6) is 0. The third-order valence-electron chi connectivity index (χ3n) is 10.3. The first-order chi connectivity index (χ1) is 25.2. The van der Waals surface area contributed by atoms with Crippen molar-refractivity contribution in [2.24, 2.45) is 0 Å². The van der Waals surface area contributed by atoms with Crippen LogP contribution in [0, 0.1) is 0 Å². The maximum Gasteiger partial charge on any atom is 0.143 e. The van der Waals surface area contributed by atoms with Gasteiger partial charge in [-0.25, -0.2) is 0 Å². The van der Waals surface area contributed by atoms with Gasteiger partial charge >= 0.3 is 0 Å². The van der Waals surface area contributed by atoms with Gasteiger partial charge in [-0.2, -0.15) is 0 Å². The highest BCUT2D eigenvalue weighted by Gasteiger charge is 2.16. The van der Waals surface area contributed by atoms with Crippen LogP contribution < -0.4 is 10.4 Å². The summed E-state index contributed by atoms with van der Waals surface area (Å²) in [5.41, 5.74) is 11.6. The van der Waals surface area contributed by atoms with E-state index in [2.05, 4.69) is 164 Å². The lowest BCUT2D eigenvalue weighted by molar-refractivity contribution is 0.669. The number of rotatable bonds is 3. The van der Waals surface area contributed by atoms with Crippen molar-refractivity contribution < 1.29 is 8.83 Å². The van der Waals surface area contributed by atoms with Gasteiger partial charge in [0.1, 0.15) is 22.3 Å². The zero-order chi connectivity index (χ0) is 33.9. The van der Waals surface area contributed by atoms with Crippen LogP contribution in [0.1, 0.15) is 17.5 Å². The topological polar surface area (TPSA) is 26.3 Å². The molecule has 240 valence electrons. The van der Waals surface area contributed by atoms with Gasteiger partial charge in [-0.1, -0.05) is 134 Å². The van der Waals surface area contributed by atoms with Crippen molar-refractivity contribution >= 4 is 65.8 Å². The van der Waals surface area contributed by atoms with E-state index >= 15 is 0 Å². The quantitative estimate of drug-likeness (QED) is 0.190. The Balaban J connectivity index is 1.19. The maximum atomic E-state index is 6.48. The summed E-state index contributed by atoms with van der Waals surface area (Å²) in [5, 5.41) is 9.15. The smallest absolute Gasteiger partial charge is 0.143 e. The Kier molecular flexibility index (Phi) is 6.75. The Morgan fingerprint density at radius 3 is 2.06 bits per heavy atom. The largest absolute Gasteiger partial charge is 0.456 e. The number of allylic oxidation sites excluding steroid dienone is 5. The molecule has 51 heavy (non-hydrogen) atoms. The Labute approximate surface area is 294 Å². The van der Waals surface area contributed by atoms with Gasteiger partial charge < -0.3 is 8.83 Å². The first-order valence-corrected chi connectivity index (χ1v) is 17.4. The molecular weight excluding hydrogens is 621 g/mol. The Hall–Kier alpha value is -6.64. The summed E-state index contributed by atoms with van der Waals surface area (Å²) >= 11 is 0. The van der Waals surface area contributed by atoms with Gasteiger partial charge in [0.15, 0.2) is 0 Å². The van der Waals surface area contributed by atoms with E-state index in [4.69, 9.17) is 8.83 Å². The highest BCUT2D eigenvalue weighted by Crippen LogP contribution is 2.37. The average Bonchev–Trinajstić information content (AvgIpc) is 3.75. The standard InChI is InChI=1S/C49H32O2/c1-31-12-3-2-4-16-37(35-15-11-14-33(28-35)34-23-26-46-43(29-34)40-19-9-10-21-45(40)50-46)39-18-7-8-20-41(39)48(31)36-24-27-47-44(30-36)42-25-22-32-13-5-6-17-38(32)49(42)51-47/h2-15,17-30H,1,16H2/b4-2-,12-3-,39-37+,48-41+. The van der Waals surface area contributed by atoms with Gasteiger partial charge in [0.2, 0.25) is 0 Å². The molecule has 0 saturated carbocycles. The van der Waals surface area contributed by atoms with Crippen LogP contribution in [0.4, 0.5) is 0 Å². The summed E-state index contributed by atoms with van der Waals surface area (Å²) in [6.45, 7) is 4.61. The fourth-order valence-electron chi connectivity index (χ4n) is 7.83. The van der Waals surface area contributed by atoms with E-state index in [0.29, 0.717) is 0 Å². The molecule has 1 aliphatic carbocycles. The molecule has 0 N–H and O–H groups in total. The minimum absolute atomic E-state index is 0.786. The highest BCUT2D eigenvalue weighted by atomic mass is 16.3. The zero-order valence-electron chi connectivity index (χ0n) is 27.9. The van der Waals surface area contributed by atoms with Gasteiger partial charge in [0, 0.05) is 26.9 Å². The van der Waals surface area contributed by atoms with Gasteiger partial charge in [0.05, 0.1) is 0 Å². The Morgan fingerprint density at radius 2 is 1.14 bits per heavy atom. The van der Waals surface area contributed by atoms with E-state index in [9.17, 15) is 0 Å². The number of hydrogen-bond acceptors (Lipinski definition) is 2. The van der Waals surface area contributed by atoms with E-state index in [1.807, 2.05) is 12.1 Å². The molecular formula is C49H32O2. The van der Waals surface area contributed by atoms with E-state index in [1.54, 1.807) is 0 Å². The third-order valence-corrected chi connectivity index (χ3v) is 10.3. The van der Waals surface area contributed by atoms with Crippen LogP contribution >= 0.6 is 0 Å². The molecule has 0 spiro atoms. The molecule has 0 radical (unpaired) electrons. The van der Waals surface area contributed by atoms with Crippen LogP contribution in [0.2, 0.25) is 0 Å². The van der Waals surface area contributed by atoms with E-state index in [-0.39, 0.29) is 0 Å². The lowest BCUT2D eigenvalue weighted by atomic mass is 9.90. The summed E-state index contributed by atoms with van der Waals surface area (Å²) in [6, 6.07) is 51.8. The van der Waals surface area contributed by atoms with Crippen molar-refractivity contribution in [3.8, 4) is 11.1 Å². The molecule has 0 amide bonds. The van der Waals surface area contributed by atoms with Gasteiger partial charge in [0.25, 0.3) is 0 Å². The fraction of sp³-hybridized carbons (Fsp3) is 0.0204. The lowest BCUT2D eigenvalue weighted by Crippen LogP contribution is -2.30. The normalized spacial score (nSPS) is 17.0. The molecule has 0 atom stereocenters. The molecule has 0 saturated heterocycles. The van der Waals surface area contributed by atoms with Crippen LogP contribution in [0.15, 0.2) is 191 Å². The van der Waals surface area contributed by atoms with Crippen LogP contribution in [0.5, 0.6) is 0 Å². The number of para-hydroxylation sites is 1. The lowest BCUT2D eigenvalue weighted by Gasteiger charge is -2.14. The first-order valence-electron chi connectivity index (χ1n) is 17.4. The summed E-state index contributed by atoms with van der Waals surface area (Å²) in [4.78, 5) is 0. The molecule has 9 aromatic rings. The van der Waals surface area contributed by atoms with Crippen LogP contribution in [-0.4, -0.2) is 0 Å². The molecule has 2 heterocycles. The third kappa shape index (κ3) is 4.87. The van der Waals surface area contributed by atoms with Gasteiger partial charge in [-0.15, -0.1) is 0 Å². The maximum absolute atomic E-state index is 6.48. The average molecular weight is 653 g/mol. The van der Waals surface area contributed by atoms with Crippen molar-refractivity contribution in [1.29, 1.82) is 0 Å². The molecule has 7 aromatic carbocycles. The van der Waals surface area contributed by atoms with Crippen molar-refractivity contribution in [3.63, 3.8) is 0 Å². The van der Waals surface area contributed by atoms with Crippen LogP contribution in [0.3, 0.4) is 0 Å². The first kappa shape index (κ1) is 29.3. The predicted molar refractivity (Wildman–Crippen MR) is 213 cm³/mol. The summed E-state index contributed by atoms with van der Waals surface area (Å²) in [7, 11) is 0. The van der Waals surface area contributed by atoms with Crippen LogP contribution in [0.25, 0.3) is 76.9 Å². The Bertz CT molecular complexity index is 3070. The van der Waals surface area contributed by atoms with Crippen molar-refractivity contribution in [3.05, 3.63) is 204 Å². The van der Waals surface area contributed by atoms with E-state index in [0.717, 1.165) is 83.2 Å². The van der Waals surface area contributed by atoms with Crippen molar-refractivity contribution in [2.45, 2.75) is 6.42 Å². The van der Waals surface area contributed by atoms with Gasteiger partial charge in [-0.3, -0.25) is 0 Å². The number of fused-ring (bicyclic) bond motifs is 9. The molecule has 0 bridgehead atoms.